The molecule has 0 saturated heterocycles. The molecule has 0 saturated carbocycles. The molecule has 0 bridgehead atoms. The van der Waals surface area contributed by atoms with Gasteiger partial charge in [0, 0.05) is 24.2 Å². The zero-order chi connectivity index (χ0) is 23.3. The summed E-state index contributed by atoms with van der Waals surface area (Å²) in [7, 11) is 0. The van der Waals surface area contributed by atoms with Gasteiger partial charge in [-0.3, -0.25) is 9.69 Å². The summed E-state index contributed by atoms with van der Waals surface area (Å²) in [6, 6.07) is 12.3. The van der Waals surface area contributed by atoms with Crippen molar-refractivity contribution in [2.75, 3.05) is 0 Å². The zero-order valence-corrected chi connectivity index (χ0v) is 18.4. The van der Waals surface area contributed by atoms with Crippen LogP contribution in [0, 0.1) is 0 Å². The smallest absolute Gasteiger partial charge is 0.416 e. The largest absolute Gasteiger partial charge is 0.447 e. The van der Waals surface area contributed by atoms with Crippen LogP contribution in [0.4, 0.5) is 13.2 Å². The predicted octanol–water partition coefficient (Wildman–Crippen LogP) is 5.69. The maximum Gasteiger partial charge on any atom is 0.416 e. The minimum atomic E-state index is -4.42. The first-order chi connectivity index (χ1) is 15.1. The van der Waals surface area contributed by atoms with Crippen LogP contribution in [-0.4, -0.2) is 21.8 Å². The van der Waals surface area contributed by atoms with Crippen LogP contribution in [0.3, 0.4) is 0 Å². The van der Waals surface area contributed by atoms with Crippen LogP contribution in [0.1, 0.15) is 46.9 Å². The molecule has 32 heavy (non-hydrogen) atoms. The van der Waals surface area contributed by atoms with Gasteiger partial charge in [0.25, 0.3) is 5.91 Å². The van der Waals surface area contributed by atoms with Gasteiger partial charge in [0.1, 0.15) is 6.26 Å². The molecule has 0 radical (unpaired) electrons. The number of nitrogens with one attached hydrogen (secondary N) is 1. The molecule has 0 aliphatic rings. The monoisotopic (exact) mass is 465 g/mol. The number of benzene rings is 2. The van der Waals surface area contributed by atoms with E-state index in [9.17, 15) is 18.0 Å². The highest BCUT2D eigenvalue weighted by atomic mass is 35.5. The van der Waals surface area contributed by atoms with Gasteiger partial charge >= 0.3 is 6.18 Å². The van der Waals surface area contributed by atoms with E-state index in [0.717, 1.165) is 17.7 Å². The number of hydrogen-bond acceptors (Lipinski definition) is 4. The molecule has 1 aromatic heterocycles. The van der Waals surface area contributed by atoms with Gasteiger partial charge in [-0.15, -0.1) is 0 Å². The number of alkyl halides is 3. The highest BCUT2D eigenvalue weighted by Gasteiger charge is 2.30. The number of aromatic nitrogens is 1. The minimum absolute atomic E-state index is 0.0510. The van der Waals surface area contributed by atoms with Crippen LogP contribution in [0.25, 0.3) is 0 Å². The van der Waals surface area contributed by atoms with E-state index >= 15 is 0 Å². The minimum Gasteiger partial charge on any atom is -0.447 e. The van der Waals surface area contributed by atoms with Gasteiger partial charge in [-0.2, -0.15) is 13.2 Å². The number of hydrogen-bond donors (Lipinski definition) is 1. The fraction of sp³-hybridized carbons (Fsp3) is 0.304. The number of carbonyl (C=O) groups is 1. The van der Waals surface area contributed by atoms with Gasteiger partial charge in [0.15, 0.2) is 5.69 Å². The van der Waals surface area contributed by atoms with Crippen LogP contribution in [0.5, 0.6) is 0 Å². The molecule has 1 heterocycles. The second kappa shape index (κ2) is 10.2. The number of amides is 1. The molecule has 1 amide bonds. The summed E-state index contributed by atoms with van der Waals surface area (Å²) in [4.78, 5) is 18.3. The Hall–Kier alpha value is -2.84. The van der Waals surface area contributed by atoms with E-state index in [1.165, 1.54) is 12.3 Å². The van der Waals surface area contributed by atoms with Crippen molar-refractivity contribution in [2.45, 2.75) is 45.7 Å². The molecule has 1 N–H and O–H groups in total. The Morgan fingerprint density at radius 1 is 1.09 bits per heavy atom. The molecular weight excluding hydrogens is 443 g/mol. The van der Waals surface area contributed by atoms with E-state index in [-0.39, 0.29) is 30.7 Å². The van der Waals surface area contributed by atoms with Crippen molar-refractivity contribution in [2.24, 2.45) is 0 Å². The third kappa shape index (κ3) is 6.83. The van der Waals surface area contributed by atoms with Gasteiger partial charge < -0.3 is 9.73 Å². The molecule has 3 aromatic rings. The predicted molar refractivity (Wildman–Crippen MR) is 115 cm³/mol. The van der Waals surface area contributed by atoms with E-state index < -0.39 is 11.7 Å². The number of nitrogens with zero attached hydrogens (tertiary/aromatic N) is 2. The number of carbonyl (C=O) groups excluding carboxylic acids is 1. The Kier molecular flexibility index (Phi) is 7.58. The van der Waals surface area contributed by atoms with E-state index in [4.69, 9.17) is 16.0 Å². The Balaban J connectivity index is 1.81. The lowest BCUT2D eigenvalue weighted by atomic mass is 10.1. The van der Waals surface area contributed by atoms with Crippen LogP contribution < -0.4 is 5.32 Å². The average molecular weight is 466 g/mol. The summed E-state index contributed by atoms with van der Waals surface area (Å²) in [5.41, 5.74) is 0.869. The second-order valence-electron chi connectivity index (χ2n) is 7.72. The Morgan fingerprint density at radius 3 is 2.44 bits per heavy atom. The quantitative estimate of drug-likeness (QED) is 0.464. The van der Waals surface area contributed by atoms with E-state index in [1.807, 2.05) is 30.9 Å². The molecule has 0 atom stereocenters. The molecule has 2 aromatic carbocycles. The Bertz CT molecular complexity index is 1050. The lowest BCUT2D eigenvalue weighted by molar-refractivity contribution is -0.137. The number of halogens is 4. The molecule has 3 rings (SSSR count). The fourth-order valence-corrected chi connectivity index (χ4v) is 3.26. The van der Waals surface area contributed by atoms with E-state index in [0.29, 0.717) is 23.0 Å². The third-order valence-electron chi connectivity index (χ3n) is 4.54. The van der Waals surface area contributed by atoms with Crippen molar-refractivity contribution in [1.82, 2.24) is 15.2 Å². The Labute approximate surface area is 189 Å². The maximum absolute atomic E-state index is 13.1. The lowest BCUT2D eigenvalue weighted by Crippen LogP contribution is -2.30. The lowest BCUT2D eigenvalue weighted by Gasteiger charge is -2.21. The van der Waals surface area contributed by atoms with Gasteiger partial charge in [0.2, 0.25) is 5.89 Å². The van der Waals surface area contributed by atoms with E-state index in [1.54, 1.807) is 18.2 Å². The fourth-order valence-electron chi connectivity index (χ4n) is 3.14. The highest BCUT2D eigenvalue weighted by Crippen LogP contribution is 2.30. The van der Waals surface area contributed by atoms with Crippen LogP contribution in [0.15, 0.2) is 59.2 Å². The van der Waals surface area contributed by atoms with Crippen molar-refractivity contribution < 1.29 is 22.4 Å². The van der Waals surface area contributed by atoms with Crippen molar-refractivity contribution >= 4 is 17.5 Å². The van der Waals surface area contributed by atoms with Gasteiger partial charge in [-0.1, -0.05) is 41.9 Å². The number of oxazole rings is 1. The molecule has 0 aliphatic heterocycles. The molecule has 5 nitrogen and oxygen atoms in total. The van der Waals surface area contributed by atoms with Crippen LogP contribution in [-0.2, 0) is 25.8 Å². The Morgan fingerprint density at radius 2 is 1.78 bits per heavy atom. The first-order valence-electron chi connectivity index (χ1n) is 9.98. The number of rotatable bonds is 8. The average Bonchev–Trinajstić information content (AvgIpc) is 3.17. The van der Waals surface area contributed by atoms with Crippen molar-refractivity contribution in [3.8, 4) is 0 Å². The van der Waals surface area contributed by atoms with Crippen molar-refractivity contribution in [3.63, 3.8) is 0 Å². The third-order valence-corrected chi connectivity index (χ3v) is 4.79. The molecule has 0 unspecified atom stereocenters. The standard InChI is InChI=1S/C23H23ClF3N3O2/c1-15(2)28-22(31)20-14-32-21(29-20)13-30(11-16-6-8-19(24)9-7-16)12-17-4-3-5-18(10-17)23(25,26)27/h3-10,14-15H,11-13H2,1-2H3,(H,28,31). The molecular formula is C23H23ClF3N3O2. The van der Waals surface area contributed by atoms with Crippen LogP contribution in [0.2, 0.25) is 5.02 Å². The summed E-state index contributed by atoms with van der Waals surface area (Å²) in [5.74, 6) is -0.0584. The summed E-state index contributed by atoms with van der Waals surface area (Å²) in [6.45, 7) is 4.52. The molecule has 0 spiro atoms. The first-order valence-corrected chi connectivity index (χ1v) is 10.4. The van der Waals surface area contributed by atoms with Crippen molar-refractivity contribution in [1.29, 1.82) is 0 Å². The van der Waals surface area contributed by atoms with Gasteiger partial charge in [0.05, 0.1) is 12.1 Å². The highest BCUT2D eigenvalue weighted by molar-refractivity contribution is 6.30. The second-order valence-corrected chi connectivity index (χ2v) is 8.16. The van der Waals surface area contributed by atoms with Gasteiger partial charge in [-0.25, -0.2) is 4.98 Å². The SMILES string of the molecule is CC(C)NC(=O)c1coc(CN(Cc2ccc(Cl)cc2)Cc2cccc(C(F)(F)F)c2)n1. The summed E-state index contributed by atoms with van der Waals surface area (Å²) >= 11 is 5.95. The maximum atomic E-state index is 13.1. The molecule has 170 valence electrons. The van der Waals surface area contributed by atoms with Gasteiger partial charge in [-0.05, 0) is 43.2 Å². The topological polar surface area (TPSA) is 58.4 Å². The first kappa shape index (κ1) is 23.8. The van der Waals surface area contributed by atoms with Crippen LogP contribution >= 0.6 is 11.6 Å². The summed E-state index contributed by atoms with van der Waals surface area (Å²) < 4.78 is 44.8. The van der Waals surface area contributed by atoms with E-state index in [2.05, 4.69) is 10.3 Å². The zero-order valence-electron chi connectivity index (χ0n) is 17.6. The molecule has 0 aliphatic carbocycles. The van der Waals surface area contributed by atoms with Crippen molar-refractivity contribution in [3.05, 3.63) is 88.1 Å². The molecule has 0 fully saturated rings. The summed E-state index contributed by atoms with van der Waals surface area (Å²) in [6.07, 6.45) is -3.14. The molecule has 9 heteroatoms. The normalized spacial score (nSPS) is 11.9. The summed E-state index contributed by atoms with van der Waals surface area (Å²) in [5, 5.41) is 3.33.